The standard InChI is InChI=1S/C13H15N3O4S/c1-6-7(2)21-13-11(6)12(20)15-8(16-13)3-4-9(17)14-5-10(18)19/h3-5H2,1-2H3,(H,14,17)(H,18,19)(H,15,16,20). The van der Waals surface area contributed by atoms with Gasteiger partial charge >= 0.3 is 5.97 Å². The highest BCUT2D eigenvalue weighted by atomic mass is 32.1. The van der Waals surface area contributed by atoms with Gasteiger partial charge in [-0.1, -0.05) is 0 Å². The minimum Gasteiger partial charge on any atom is -0.480 e. The summed E-state index contributed by atoms with van der Waals surface area (Å²) in [5, 5.41) is 11.3. The monoisotopic (exact) mass is 309 g/mol. The van der Waals surface area contributed by atoms with Gasteiger partial charge in [0.2, 0.25) is 5.91 Å². The molecule has 0 saturated carbocycles. The molecule has 112 valence electrons. The van der Waals surface area contributed by atoms with E-state index in [4.69, 9.17) is 5.11 Å². The first-order chi connectivity index (χ1) is 9.88. The average molecular weight is 309 g/mol. The fourth-order valence-electron chi connectivity index (χ4n) is 1.91. The van der Waals surface area contributed by atoms with E-state index in [0.29, 0.717) is 16.0 Å². The Morgan fingerprint density at radius 3 is 2.76 bits per heavy atom. The number of fused-ring (bicyclic) bond motifs is 1. The van der Waals surface area contributed by atoms with Crippen LogP contribution in [0.25, 0.3) is 10.2 Å². The lowest BCUT2D eigenvalue weighted by molar-refractivity contribution is -0.137. The molecule has 1 amide bonds. The zero-order valence-electron chi connectivity index (χ0n) is 11.6. The van der Waals surface area contributed by atoms with Crippen LogP contribution in [0.3, 0.4) is 0 Å². The number of hydrogen-bond acceptors (Lipinski definition) is 5. The number of thiophene rings is 1. The van der Waals surface area contributed by atoms with E-state index in [1.54, 1.807) is 0 Å². The highest BCUT2D eigenvalue weighted by Gasteiger charge is 2.12. The van der Waals surface area contributed by atoms with Gasteiger partial charge < -0.3 is 15.4 Å². The third-order valence-electron chi connectivity index (χ3n) is 3.11. The molecular weight excluding hydrogens is 294 g/mol. The van der Waals surface area contributed by atoms with E-state index in [-0.39, 0.29) is 18.4 Å². The number of H-pyrrole nitrogens is 1. The van der Waals surface area contributed by atoms with E-state index in [2.05, 4.69) is 15.3 Å². The normalized spacial score (nSPS) is 10.8. The van der Waals surface area contributed by atoms with Gasteiger partial charge in [0, 0.05) is 17.7 Å². The van der Waals surface area contributed by atoms with Crippen molar-refractivity contribution >= 4 is 33.4 Å². The molecule has 2 heterocycles. The molecule has 0 aliphatic heterocycles. The zero-order chi connectivity index (χ0) is 15.6. The Bertz CT molecular complexity index is 763. The first-order valence-corrected chi connectivity index (χ1v) is 7.17. The van der Waals surface area contributed by atoms with Crippen LogP contribution in [0.4, 0.5) is 0 Å². The molecule has 2 aromatic rings. The van der Waals surface area contributed by atoms with Crippen LogP contribution in [0.2, 0.25) is 0 Å². The van der Waals surface area contributed by atoms with Gasteiger partial charge in [0.05, 0.1) is 5.39 Å². The summed E-state index contributed by atoms with van der Waals surface area (Å²) in [6.45, 7) is 3.40. The van der Waals surface area contributed by atoms with Gasteiger partial charge in [0.1, 0.15) is 17.2 Å². The Morgan fingerprint density at radius 1 is 1.38 bits per heavy atom. The molecule has 0 aromatic carbocycles. The molecule has 0 aliphatic carbocycles. The van der Waals surface area contributed by atoms with Crippen molar-refractivity contribution in [3.05, 3.63) is 26.6 Å². The molecule has 2 aromatic heterocycles. The molecule has 0 radical (unpaired) electrons. The van der Waals surface area contributed by atoms with Gasteiger partial charge in [-0.2, -0.15) is 0 Å². The highest BCUT2D eigenvalue weighted by molar-refractivity contribution is 7.18. The number of nitrogens with zero attached hydrogens (tertiary/aromatic N) is 1. The van der Waals surface area contributed by atoms with E-state index in [1.165, 1.54) is 11.3 Å². The van der Waals surface area contributed by atoms with Crippen molar-refractivity contribution in [2.45, 2.75) is 26.7 Å². The van der Waals surface area contributed by atoms with Gasteiger partial charge in [0.15, 0.2) is 0 Å². The van der Waals surface area contributed by atoms with Crippen LogP contribution in [0, 0.1) is 13.8 Å². The van der Waals surface area contributed by atoms with Crippen molar-refractivity contribution in [1.82, 2.24) is 15.3 Å². The zero-order valence-corrected chi connectivity index (χ0v) is 12.5. The largest absolute Gasteiger partial charge is 0.480 e. The lowest BCUT2D eigenvalue weighted by atomic mass is 10.2. The number of hydrogen-bond donors (Lipinski definition) is 3. The average Bonchev–Trinajstić information content (AvgIpc) is 2.69. The van der Waals surface area contributed by atoms with Crippen molar-refractivity contribution in [3.63, 3.8) is 0 Å². The highest BCUT2D eigenvalue weighted by Crippen LogP contribution is 2.25. The van der Waals surface area contributed by atoms with E-state index in [9.17, 15) is 14.4 Å². The maximum absolute atomic E-state index is 12.0. The van der Waals surface area contributed by atoms with Crippen LogP contribution in [-0.4, -0.2) is 33.5 Å². The topological polar surface area (TPSA) is 112 Å². The molecule has 0 fully saturated rings. The van der Waals surface area contributed by atoms with Crippen LogP contribution in [0.1, 0.15) is 22.7 Å². The number of carbonyl (C=O) groups excluding carboxylic acids is 1. The molecule has 0 aliphatic rings. The van der Waals surface area contributed by atoms with Gasteiger partial charge in [-0.25, -0.2) is 4.98 Å². The first-order valence-electron chi connectivity index (χ1n) is 6.36. The lowest BCUT2D eigenvalue weighted by Crippen LogP contribution is -2.29. The predicted molar refractivity (Wildman–Crippen MR) is 78.7 cm³/mol. The number of aryl methyl sites for hydroxylation is 3. The summed E-state index contributed by atoms with van der Waals surface area (Å²) >= 11 is 1.45. The van der Waals surface area contributed by atoms with Crippen molar-refractivity contribution < 1.29 is 14.7 Å². The number of aromatic nitrogens is 2. The number of rotatable bonds is 5. The number of amides is 1. The van der Waals surface area contributed by atoms with E-state index in [0.717, 1.165) is 10.4 Å². The minimum atomic E-state index is -1.10. The Morgan fingerprint density at radius 2 is 2.10 bits per heavy atom. The molecule has 8 heteroatoms. The van der Waals surface area contributed by atoms with Crippen LogP contribution in [0.15, 0.2) is 4.79 Å². The quantitative estimate of drug-likeness (QED) is 0.754. The molecule has 7 nitrogen and oxygen atoms in total. The smallest absolute Gasteiger partial charge is 0.322 e. The summed E-state index contributed by atoms with van der Waals surface area (Å²) in [4.78, 5) is 42.5. The second-order valence-electron chi connectivity index (χ2n) is 4.65. The summed E-state index contributed by atoms with van der Waals surface area (Å²) in [6.07, 6.45) is 0.331. The SMILES string of the molecule is Cc1sc2nc(CCC(=O)NCC(=O)O)[nH]c(=O)c2c1C. The molecule has 0 bridgehead atoms. The van der Waals surface area contributed by atoms with Gasteiger partial charge in [-0.05, 0) is 19.4 Å². The number of aliphatic carboxylic acids is 1. The summed E-state index contributed by atoms with van der Waals surface area (Å²) in [5.41, 5.74) is 0.720. The molecule has 0 saturated heterocycles. The van der Waals surface area contributed by atoms with Crippen LogP contribution >= 0.6 is 11.3 Å². The molecule has 21 heavy (non-hydrogen) atoms. The van der Waals surface area contributed by atoms with E-state index < -0.39 is 18.4 Å². The first kappa shape index (κ1) is 15.2. The van der Waals surface area contributed by atoms with Crippen LogP contribution in [-0.2, 0) is 16.0 Å². The maximum atomic E-state index is 12.0. The molecule has 0 unspecified atom stereocenters. The van der Waals surface area contributed by atoms with Crippen molar-refractivity contribution in [2.75, 3.05) is 6.54 Å². The Labute approximate surface area is 124 Å². The molecule has 0 spiro atoms. The Hall–Kier alpha value is -2.22. The number of carbonyl (C=O) groups is 2. The summed E-state index contributed by atoms with van der Waals surface area (Å²) in [6, 6.07) is 0. The molecular formula is C13H15N3O4S. The third kappa shape index (κ3) is 3.46. The van der Waals surface area contributed by atoms with Gasteiger partial charge in [-0.3, -0.25) is 14.4 Å². The number of aromatic amines is 1. The summed E-state index contributed by atoms with van der Waals surface area (Å²) < 4.78 is 0. The summed E-state index contributed by atoms with van der Waals surface area (Å²) in [5.74, 6) is -1.06. The minimum absolute atomic E-state index is 0.0745. The van der Waals surface area contributed by atoms with Crippen molar-refractivity contribution in [1.29, 1.82) is 0 Å². The lowest BCUT2D eigenvalue weighted by Gasteiger charge is -2.02. The third-order valence-corrected chi connectivity index (χ3v) is 4.21. The predicted octanol–water partition coefficient (Wildman–Crippen LogP) is 0.735. The van der Waals surface area contributed by atoms with Crippen molar-refractivity contribution in [2.24, 2.45) is 0 Å². The molecule has 3 N–H and O–H groups in total. The maximum Gasteiger partial charge on any atom is 0.322 e. The number of nitrogens with one attached hydrogen (secondary N) is 2. The second kappa shape index (κ2) is 6.04. The number of carboxylic acids is 1. The molecule has 0 atom stereocenters. The van der Waals surface area contributed by atoms with Gasteiger partial charge in [0.25, 0.3) is 5.56 Å². The second-order valence-corrected chi connectivity index (χ2v) is 5.85. The van der Waals surface area contributed by atoms with Crippen molar-refractivity contribution in [3.8, 4) is 0 Å². The van der Waals surface area contributed by atoms with Crippen LogP contribution < -0.4 is 10.9 Å². The van der Waals surface area contributed by atoms with Crippen LogP contribution in [0.5, 0.6) is 0 Å². The molecule has 2 rings (SSSR count). The Balaban J connectivity index is 2.11. The van der Waals surface area contributed by atoms with E-state index >= 15 is 0 Å². The fourth-order valence-corrected chi connectivity index (χ4v) is 2.96. The van der Waals surface area contributed by atoms with Gasteiger partial charge in [-0.15, -0.1) is 11.3 Å². The van der Waals surface area contributed by atoms with E-state index in [1.807, 2.05) is 13.8 Å². The number of carboxylic acid groups (broad SMARTS) is 1. The fraction of sp³-hybridized carbons (Fsp3) is 0.385. The summed E-state index contributed by atoms with van der Waals surface area (Å²) in [7, 11) is 0. The Kier molecular flexibility index (Phi) is 4.37.